The van der Waals surface area contributed by atoms with E-state index in [0.717, 1.165) is 30.0 Å². The van der Waals surface area contributed by atoms with Gasteiger partial charge in [0.15, 0.2) is 5.78 Å². The monoisotopic (exact) mass is 319 g/mol. The number of ether oxygens (including phenoxy) is 1. The summed E-state index contributed by atoms with van der Waals surface area (Å²) >= 11 is 0. The molecule has 22 heavy (non-hydrogen) atoms. The Morgan fingerprint density at radius 2 is 2.05 bits per heavy atom. The number of Topliss-reactive ketones (excluding diaryl/α,β-unsaturated/α-hetero) is 1. The third kappa shape index (κ3) is 5.44. The highest BCUT2D eigenvalue weighted by atomic mass is 19.4. The van der Waals surface area contributed by atoms with E-state index in [2.05, 4.69) is 4.74 Å². The van der Waals surface area contributed by atoms with Crippen molar-refractivity contribution in [3.8, 4) is 5.75 Å². The molecule has 0 aromatic heterocycles. The van der Waals surface area contributed by atoms with Crippen molar-refractivity contribution in [3.05, 3.63) is 18.2 Å². The third-order valence-electron chi connectivity index (χ3n) is 3.14. The van der Waals surface area contributed by atoms with Crippen LogP contribution >= 0.6 is 0 Å². The highest BCUT2D eigenvalue weighted by Crippen LogP contribution is 2.30. The van der Waals surface area contributed by atoms with Gasteiger partial charge in [-0.2, -0.15) is 0 Å². The van der Waals surface area contributed by atoms with Crippen LogP contribution in [0.2, 0.25) is 0 Å². The highest BCUT2D eigenvalue weighted by Gasteiger charge is 2.31. The first-order valence-electron chi connectivity index (χ1n) is 6.84. The van der Waals surface area contributed by atoms with Crippen LogP contribution in [-0.4, -0.2) is 18.7 Å². The van der Waals surface area contributed by atoms with Gasteiger partial charge in [-0.15, -0.1) is 13.2 Å². The lowest BCUT2D eigenvalue weighted by Crippen LogP contribution is -2.38. The number of benzene rings is 1. The molecule has 1 unspecified atom stereocenters. The van der Waals surface area contributed by atoms with Gasteiger partial charge in [-0.1, -0.05) is 20.3 Å². The predicted octanol–water partition coefficient (Wildman–Crippen LogP) is 2.85. The summed E-state index contributed by atoms with van der Waals surface area (Å²) in [7, 11) is 0. The van der Waals surface area contributed by atoms with Crippen LogP contribution in [0.1, 0.15) is 26.7 Å². The zero-order valence-electron chi connectivity index (χ0n) is 12.5. The molecule has 1 aromatic rings. The van der Waals surface area contributed by atoms with Crippen LogP contribution in [0.4, 0.5) is 24.5 Å². The molecule has 0 aliphatic rings. The Kier molecular flexibility index (Phi) is 6.04. The summed E-state index contributed by atoms with van der Waals surface area (Å²) in [5, 5.41) is 1.13. The molecular formula is C14H20F3N3O2. The second-order valence-corrected chi connectivity index (χ2v) is 5.05. The van der Waals surface area contributed by atoms with Gasteiger partial charge in [-0.05, 0) is 18.6 Å². The first kappa shape index (κ1) is 18.1. The van der Waals surface area contributed by atoms with Crippen LogP contribution in [0.3, 0.4) is 0 Å². The number of carbonyl (C=O) groups excluding carboxylic acids is 1. The van der Waals surface area contributed by atoms with Crippen LogP contribution in [0.5, 0.6) is 5.75 Å². The van der Waals surface area contributed by atoms with Crippen molar-refractivity contribution in [1.82, 2.24) is 0 Å². The van der Waals surface area contributed by atoms with Crippen LogP contribution in [0.25, 0.3) is 0 Å². The number of nitrogen functional groups attached to an aromatic ring is 1. The summed E-state index contributed by atoms with van der Waals surface area (Å²) in [6, 6.07) is 3.40. The number of hydrogen-bond acceptors (Lipinski definition) is 5. The number of rotatable bonds is 7. The van der Waals surface area contributed by atoms with E-state index in [9.17, 15) is 18.0 Å². The SMILES string of the molecule is CCCC(C)C(=O)CN(N)c1ccc(OC(F)(F)F)cc1N. The van der Waals surface area contributed by atoms with Gasteiger partial charge in [0.05, 0.1) is 17.9 Å². The van der Waals surface area contributed by atoms with E-state index in [-0.39, 0.29) is 29.6 Å². The van der Waals surface area contributed by atoms with Gasteiger partial charge in [0.1, 0.15) is 5.75 Å². The van der Waals surface area contributed by atoms with Gasteiger partial charge < -0.3 is 15.5 Å². The minimum atomic E-state index is -4.79. The van der Waals surface area contributed by atoms with Crippen LogP contribution in [0, 0.1) is 5.92 Å². The Morgan fingerprint density at radius 3 is 2.55 bits per heavy atom. The standard InChI is InChI=1S/C14H20F3N3O2/c1-3-4-9(2)13(21)8-20(19)12-6-5-10(7-11(12)18)22-14(15,16)17/h5-7,9H,3-4,8,18-19H2,1-2H3. The molecule has 0 spiro atoms. The molecule has 0 saturated heterocycles. The third-order valence-corrected chi connectivity index (χ3v) is 3.14. The number of nitrogens with two attached hydrogens (primary N) is 2. The minimum Gasteiger partial charge on any atom is -0.406 e. The lowest BCUT2D eigenvalue weighted by molar-refractivity contribution is -0.274. The minimum absolute atomic E-state index is 0.000180. The van der Waals surface area contributed by atoms with Gasteiger partial charge in [0.25, 0.3) is 0 Å². The predicted molar refractivity (Wildman–Crippen MR) is 78.1 cm³/mol. The van der Waals surface area contributed by atoms with Crippen molar-refractivity contribution in [2.75, 3.05) is 17.3 Å². The van der Waals surface area contributed by atoms with Gasteiger partial charge in [0.2, 0.25) is 0 Å². The quantitative estimate of drug-likeness (QED) is 0.459. The summed E-state index contributed by atoms with van der Waals surface area (Å²) < 4.78 is 40.1. The van der Waals surface area contributed by atoms with Crippen molar-refractivity contribution in [2.24, 2.45) is 11.8 Å². The topological polar surface area (TPSA) is 81.6 Å². The van der Waals surface area contributed by atoms with Crippen molar-refractivity contribution in [3.63, 3.8) is 0 Å². The fourth-order valence-corrected chi connectivity index (χ4v) is 1.99. The molecule has 5 nitrogen and oxygen atoms in total. The summed E-state index contributed by atoms with van der Waals surface area (Å²) in [5.41, 5.74) is 5.94. The number of hydrogen-bond donors (Lipinski definition) is 2. The van der Waals surface area contributed by atoms with Crippen LogP contribution in [0.15, 0.2) is 18.2 Å². The number of nitrogens with zero attached hydrogens (tertiary/aromatic N) is 1. The molecule has 1 rings (SSSR count). The average Bonchev–Trinajstić information content (AvgIpc) is 2.36. The van der Waals surface area contributed by atoms with E-state index < -0.39 is 12.1 Å². The lowest BCUT2D eigenvalue weighted by Gasteiger charge is -2.22. The van der Waals surface area contributed by atoms with E-state index in [4.69, 9.17) is 11.6 Å². The number of hydrazine groups is 1. The maximum atomic E-state index is 12.1. The molecule has 1 aromatic carbocycles. The molecular weight excluding hydrogens is 299 g/mol. The summed E-state index contributed by atoms with van der Waals surface area (Å²) in [6.45, 7) is 3.72. The Balaban J connectivity index is 2.78. The van der Waals surface area contributed by atoms with E-state index in [1.54, 1.807) is 0 Å². The second-order valence-electron chi connectivity index (χ2n) is 5.05. The molecule has 8 heteroatoms. The van der Waals surface area contributed by atoms with E-state index in [1.165, 1.54) is 6.07 Å². The first-order valence-corrected chi connectivity index (χ1v) is 6.84. The van der Waals surface area contributed by atoms with Crippen LogP contribution < -0.4 is 21.3 Å². The lowest BCUT2D eigenvalue weighted by atomic mass is 10.0. The maximum Gasteiger partial charge on any atom is 0.573 e. The smallest absolute Gasteiger partial charge is 0.406 e. The van der Waals surface area contributed by atoms with Crippen molar-refractivity contribution >= 4 is 17.2 Å². The molecule has 124 valence electrons. The summed E-state index contributed by atoms with van der Waals surface area (Å²) in [5.74, 6) is 5.15. The molecule has 0 aliphatic heterocycles. The normalized spacial score (nSPS) is 12.8. The molecule has 0 amide bonds. The Hall–Kier alpha value is -1.96. The zero-order valence-corrected chi connectivity index (χ0v) is 12.5. The number of anilines is 2. The Labute approximate surface area is 127 Å². The van der Waals surface area contributed by atoms with Crippen molar-refractivity contribution < 1.29 is 22.7 Å². The second kappa shape index (κ2) is 7.35. The first-order chi connectivity index (χ1) is 10.1. The largest absolute Gasteiger partial charge is 0.573 e. The van der Waals surface area contributed by atoms with Gasteiger partial charge >= 0.3 is 6.36 Å². The molecule has 0 heterocycles. The highest BCUT2D eigenvalue weighted by molar-refractivity contribution is 5.86. The van der Waals surface area contributed by atoms with Crippen molar-refractivity contribution in [1.29, 1.82) is 0 Å². The van der Waals surface area contributed by atoms with Gasteiger partial charge in [-0.3, -0.25) is 4.79 Å². The zero-order chi connectivity index (χ0) is 16.9. The summed E-state index contributed by atoms with van der Waals surface area (Å²) in [6.07, 6.45) is -3.16. The molecule has 4 N–H and O–H groups in total. The molecule has 0 bridgehead atoms. The van der Waals surface area contributed by atoms with Gasteiger partial charge in [0, 0.05) is 12.0 Å². The fourth-order valence-electron chi connectivity index (χ4n) is 1.99. The number of carbonyl (C=O) groups is 1. The molecule has 0 saturated carbocycles. The van der Waals surface area contributed by atoms with E-state index in [1.807, 2.05) is 13.8 Å². The van der Waals surface area contributed by atoms with Gasteiger partial charge in [-0.25, -0.2) is 5.84 Å². The molecule has 0 fully saturated rings. The van der Waals surface area contributed by atoms with E-state index in [0.29, 0.717) is 0 Å². The van der Waals surface area contributed by atoms with Crippen molar-refractivity contribution in [2.45, 2.75) is 33.1 Å². The number of halogens is 3. The maximum absolute atomic E-state index is 12.1. The number of alkyl halides is 3. The van der Waals surface area contributed by atoms with Crippen LogP contribution in [-0.2, 0) is 4.79 Å². The summed E-state index contributed by atoms with van der Waals surface area (Å²) in [4.78, 5) is 11.9. The fraction of sp³-hybridized carbons (Fsp3) is 0.500. The Bertz CT molecular complexity index is 521. The number of ketones is 1. The molecule has 0 radical (unpaired) electrons. The molecule has 0 aliphatic carbocycles. The Morgan fingerprint density at radius 1 is 1.41 bits per heavy atom. The molecule has 1 atom stereocenters. The van der Waals surface area contributed by atoms with E-state index >= 15 is 0 Å². The average molecular weight is 319 g/mol.